The Morgan fingerprint density at radius 1 is 1.00 bits per heavy atom. The van der Waals surface area contributed by atoms with Crippen LogP contribution < -0.4 is 9.50 Å². The molecule has 0 bridgehead atoms. The Morgan fingerprint density at radius 3 is 2.30 bits per heavy atom. The number of carbonyl (C=O) groups excluding carboxylic acids is 1. The highest BCUT2D eigenvalue weighted by molar-refractivity contribution is 7.87. The number of rotatable bonds is 6. The lowest BCUT2D eigenvalue weighted by Gasteiger charge is -2.11. The number of amides is 1. The molecule has 6 nitrogen and oxygen atoms in total. The van der Waals surface area contributed by atoms with Crippen molar-refractivity contribution in [2.45, 2.75) is 25.2 Å². The fourth-order valence-corrected chi connectivity index (χ4v) is 4.06. The van der Waals surface area contributed by atoms with Gasteiger partial charge in [-0.1, -0.05) is 24.3 Å². The van der Waals surface area contributed by atoms with Crippen LogP contribution in [0.15, 0.2) is 71.6 Å². The molecular formula is C23H20N2O4S. The molecule has 1 amide bonds. The van der Waals surface area contributed by atoms with Crippen molar-refractivity contribution in [3.8, 4) is 11.8 Å². The second-order valence-electron chi connectivity index (χ2n) is 6.82. The predicted octanol–water partition coefficient (Wildman–Crippen LogP) is 4.39. The van der Waals surface area contributed by atoms with Gasteiger partial charge >= 0.3 is 10.1 Å². The number of carbonyl (C=O) groups is 1. The monoisotopic (exact) mass is 420 g/mol. The Labute approximate surface area is 175 Å². The standard InChI is InChI=1S/C23H20N2O4S/c1-16-3-4-17(2)22(15-16)30(27,28)29-21-11-7-19(8-12-21)23(26)25-20-9-5-18(6-10-20)13-14-24/h3-12,15H,13H2,1-2H3,(H,25,26). The van der Waals surface area contributed by atoms with Gasteiger partial charge in [0.05, 0.1) is 12.5 Å². The minimum atomic E-state index is -3.98. The highest BCUT2D eigenvalue weighted by Crippen LogP contribution is 2.23. The Hall–Kier alpha value is -3.63. The van der Waals surface area contributed by atoms with Gasteiger partial charge in [0.15, 0.2) is 0 Å². The molecule has 3 aromatic rings. The molecule has 0 aliphatic carbocycles. The van der Waals surface area contributed by atoms with Gasteiger partial charge in [-0.25, -0.2) is 0 Å². The predicted molar refractivity (Wildman–Crippen MR) is 114 cm³/mol. The first-order valence-electron chi connectivity index (χ1n) is 9.17. The summed E-state index contributed by atoms with van der Waals surface area (Å²) in [5.41, 5.74) is 3.22. The topological polar surface area (TPSA) is 96.3 Å². The lowest BCUT2D eigenvalue weighted by Crippen LogP contribution is -2.13. The average molecular weight is 420 g/mol. The number of nitrogens with zero attached hydrogens (tertiary/aromatic N) is 1. The van der Waals surface area contributed by atoms with Crippen LogP contribution in [0.25, 0.3) is 0 Å². The van der Waals surface area contributed by atoms with Gasteiger partial charge < -0.3 is 9.50 Å². The summed E-state index contributed by atoms with van der Waals surface area (Å²) in [5.74, 6) is -0.222. The Bertz CT molecular complexity index is 1210. The van der Waals surface area contributed by atoms with Crippen LogP contribution in [0.2, 0.25) is 0 Å². The van der Waals surface area contributed by atoms with Gasteiger partial charge in [-0.15, -0.1) is 0 Å². The molecule has 0 unspecified atom stereocenters. The number of nitriles is 1. The molecule has 0 heterocycles. The second-order valence-corrected chi connectivity index (χ2v) is 8.33. The van der Waals surface area contributed by atoms with E-state index in [0.717, 1.165) is 11.1 Å². The fourth-order valence-electron chi connectivity index (χ4n) is 2.81. The quantitative estimate of drug-likeness (QED) is 0.597. The van der Waals surface area contributed by atoms with Crippen molar-refractivity contribution in [3.63, 3.8) is 0 Å². The summed E-state index contributed by atoms with van der Waals surface area (Å²) in [6.45, 7) is 3.51. The van der Waals surface area contributed by atoms with Crippen LogP contribution in [0.4, 0.5) is 5.69 Å². The number of anilines is 1. The van der Waals surface area contributed by atoms with Crippen molar-refractivity contribution in [2.75, 3.05) is 5.32 Å². The molecular weight excluding hydrogens is 400 g/mol. The number of aryl methyl sites for hydroxylation is 2. The molecule has 1 N–H and O–H groups in total. The summed E-state index contributed by atoms with van der Waals surface area (Å²) in [7, 11) is -3.98. The summed E-state index contributed by atoms with van der Waals surface area (Å²) in [6.07, 6.45) is 0.306. The van der Waals surface area contributed by atoms with E-state index in [1.165, 1.54) is 24.3 Å². The van der Waals surface area contributed by atoms with E-state index in [-0.39, 0.29) is 16.6 Å². The van der Waals surface area contributed by atoms with Crippen LogP contribution >= 0.6 is 0 Å². The van der Waals surface area contributed by atoms with Crippen LogP contribution in [0.3, 0.4) is 0 Å². The first-order chi connectivity index (χ1) is 14.3. The molecule has 152 valence electrons. The Balaban J connectivity index is 1.70. The van der Waals surface area contributed by atoms with E-state index in [4.69, 9.17) is 9.44 Å². The van der Waals surface area contributed by atoms with Gasteiger partial charge in [0, 0.05) is 11.3 Å². The van der Waals surface area contributed by atoms with Crippen LogP contribution in [0.1, 0.15) is 27.0 Å². The van der Waals surface area contributed by atoms with E-state index in [2.05, 4.69) is 11.4 Å². The van der Waals surface area contributed by atoms with Gasteiger partial charge in [-0.05, 0) is 73.0 Å². The largest absolute Gasteiger partial charge is 0.379 e. The lowest BCUT2D eigenvalue weighted by atomic mass is 10.1. The highest BCUT2D eigenvalue weighted by atomic mass is 32.2. The van der Waals surface area contributed by atoms with Gasteiger partial charge in [-0.3, -0.25) is 4.79 Å². The van der Waals surface area contributed by atoms with Crippen LogP contribution in [-0.4, -0.2) is 14.3 Å². The molecule has 30 heavy (non-hydrogen) atoms. The zero-order valence-electron chi connectivity index (χ0n) is 16.5. The molecule has 0 fully saturated rings. The highest BCUT2D eigenvalue weighted by Gasteiger charge is 2.19. The minimum Gasteiger partial charge on any atom is -0.379 e. The van der Waals surface area contributed by atoms with E-state index in [1.807, 2.05) is 13.0 Å². The third-order valence-corrected chi connectivity index (χ3v) is 5.82. The van der Waals surface area contributed by atoms with Crippen LogP contribution in [0.5, 0.6) is 5.75 Å². The van der Waals surface area contributed by atoms with Crippen molar-refractivity contribution < 1.29 is 17.4 Å². The first kappa shape index (κ1) is 21.1. The Kier molecular flexibility index (Phi) is 6.19. The van der Waals surface area contributed by atoms with Crippen LogP contribution in [-0.2, 0) is 16.5 Å². The van der Waals surface area contributed by atoms with Crippen LogP contribution in [0, 0.1) is 25.2 Å². The molecule has 0 aliphatic rings. The van der Waals surface area contributed by atoms with E-state index >= 15 is 0 Å². The summed E-state index contributed by atoms with van der Waals surface area (Å²) in [4.78, 5) is 12.5. The number of hydrogen-bond donors (Lipinski definition) is 1. The van der Waals surface area contributed by atoms with Crippen molar-refractivity contribution >= 4 is 21.7 Å². The third kappa shape index (κ3) is 5.04. The molecule has 3 aromatic carbocycles. The van der Waals surface area contributed by atoms with Gasteiger partial charge in [0.25, 0.3) is 5.91 Å². The summed E-state index contributed by atoms with van der Waals surface area (Å²) < 4.78 is 30.4. The number of nitrogens with one attached hydrogen (secondary N) is 1. The van der Waals surface area contributed by atoms with Crippen molar-refractivity contribution in [1.82, 2.24) is 0 Å². The molecule has 7 heteroatoms. The molecule has 0 atom stereocenters. The average Bonchev–Trinajstić information content (AvgIpc) is 2.71. The fraction of sp³-hybridized carbons (Fsp3) is 0.130. The minimum absolute atomic E-state index is 0.115. The zero-order chi connectivity index (χ0) is 21.7. The molecule has 3 rings (SSSR count). The molecule has 0 saturated carbocycles. The SMILES string of the molecule is Cc1ccc(C)c(S(=O)(=O)Oc2ccc(C(=O)Nc3ccc(CC#N)cc3)cc2)c1. The van der Waals surface area contributed by atoms with E-state index in [1.54, 1.807) is 43.3 Å². The van der Waals surface area contributed by atoms with Crippen molar-refractivity contribution in [3.05, 3.63) is 89.0 Å². The van der Waals surface area contributed by atoms with Crippen molar-refractivity contribution in [1.29, 1.82) is 5.26 Å². The van der Waals surface area contributed by atoms with Gasteiger partial charge in [0.2, 0.25) is 0 Å². The van der Waals surface area contributed by atoms with Gasteiger partial charge in [0.1, 0.15) is 10.6 Å². The second kappa shape index (κ2) is 8.80. The maximum absolute atomic E-state index is 12.6. The van der Waals surface area contributed by atoms with E-state index in [0.29, 0.717) is 23.2 Å². The molecule has 0 radical (unpaired) electrons. The molecule has 0 aromatic heterocycles. The smallest absolute Gasteiger partial charge is 0.339 e. The number of benzene rings is 3. The molecule has 0 saturated heterocycles. The van der Waals surface area contributed by atoms with Crippen molar-refractivity contribution in [2.24, 2.45) is 0 Å². The number of hydrogen-bond acceptors (Lipinski definition) is 5. The third-order valence-electron chi connectivity index (χ3n) is 4.43. The normalized spacial score (nSPS) is 10.8. The maximum Gasteiger partial charge on any atom is 0.339 e. The van der Waals surface area contributed by atoms with E-state index in [9.17, 15) is 13.2 Å². The summed E-state index contributed by atoms with van der Waals surface area (Å²) in [6, 6.07) is 20.0. The van der Waals surface area contributed by atoms with Gasteiger partial charge in [-0.2, -0.15) is 13.7 Å². The maximum atomic E-state index is 12.6. The molecule has 0 aliphatic heterocycles. The zero-order valence-corrected chi connectivity index (χ0v) is 17.4. The Morgan fingerprint density at radius 2 is 1.67 bits per heavy atom. The molecule has 0 spiro atoms. The first-order valence-corrected chi connectivity index (χ1v) is 10.6. The summed E-state index contributed by atoms with van der Waals surface area (Å²) in [5, 5.41) is 11.5. The lowest BCUT2D eigenvalue weighted by molar-refractivity contribution is 0.102. The summed E-state index contributed by atoms with van der Waals surface area (Å²) >= 11 is 0. The van der Waals surface area contributed by atoms with E-state index < -0.39 is 10.1 Å².